The summed E-state index contributed by atoms with van der Waals surface area (Å²) in [5.41, 5.74) is 6.39. The van der Waals surface area contributed by atoms with Crippen LogP contribution in [0.1, 0.15) is 11.3 Å². The maximum absolute atomic E-state index is 13.2. The Balaban J connectivity index is 2.25. The first-order valence-corrected chi connectivity index (χ1v) is 5.66. The molecule has 1 aromatic carbocycles. The van der Waals surface area contributed by atoms with E-state index in [1.165, 1.54) is 23.2 Å². The number of nitrogens with zero attached hydrogens (tertiary/aromatic N) is 3. The van der Waals surface area contributed by atoms with E-state index in [9.17, 15) is 17.6 Å². The van der Waals surface area contributed by atoms with Crippen molar-refractivity contribution in [3.8, 4) is 5.75 Å². The quantitative estimate of drug-likeness (QED) is 0.700. The Bertz CT molecular complexity index is 678. The lowest BCUT2D eigenvalue weighted by molar-refractivity contribution is -0.275. The Morgan fingerprint density at radius 3 is 2.67 bits per heavy atom. The number of alkyl halides is 3. The Morgan fingerprint density at radius 2 is 2.10 bits per heavy atom. The molecule has 9 heteroatoms. The third-order valence-electron chi connectivity index (χ3n) is 2.35. The smallest absolute Gasteiger partial charge is 0.403 e. The number of aryl methyl sites for hydroxylation is 1. The lowest BCUT2D eigenvalue weighted by Gasteiger charge is -2.09. The third kappa shape index (κ3) is 3.94. The predicted molar refractivity (Wildman–Crippen MR) is 67.5 cm³/mol. The zero-order valence-corrected chi connectivity index (χ0v) is 10.7. The minimum absolute atomic E-state index is 0.123. The standard InChI is InChI=1S/C12H10F4N4O/c1-7-6-20(11(17)19-7)18-5-8-2-3-9(13)10(4-8)21-12(14,15)16/h2-6H,1H3,(H2,17,19). The van der Waals surface area contributed by atoms with Crippen molar-refractivity contribution < 1.29 is 22.3 Å². The van der Waals surface area contributed by atoms with Crippen molar-refractivity contribution >= 4 is 12.2 Å². The molecule has 21 heavy (non-hydrogen) atoms. The molecule has 2 aromatic rings. The first kappa shape index (κ1) is 14.8. The van der Waals surface area contributed by atoms with Crippen LogP contribution < -0.4 is 10.5 Å². The van der Waals surface area contributed by atoms with Gasteiger partial charge in [0.2, 0.25) is 5.95 Å². The Hall–Kier alpha value is -2.58. The van der Waals surface area contributed by atoms with Crippen LogP contribution in [0.4, 0.5) is 23.5 Å². The maximum Gasteiger partial charge on any atom is 0.573 e. The Kier molecular flexibility index (Phi) is 3.83. The maximum atomic E-state index is 13.2. The summed E-state index contributed by atoms with van der Waals surface area (Å²) in [5, 5.41) is 3.91. The molecule has 0 radical (unpaired) electrons. The van der Waals surface area contributed by atoms with Crippen molar-refractivity contribution in [2.45, 2.75) is 13.3 Å². The molecule has 0 unspecified atom stereocenters. The fourth-order valence-corrected chi connectivity index (χ4v) is 1.53. The summed E-state index contributed by atoms with van der Waals surface area (Å²) in [6, 6.07) is 2.99. The van der Waals surface area contributed by atoms with Gasteiger partial charge in [-0.3, -0.25) is 0 Å². The van der Waals surface area contributed by atoms with Gasteiger partial charge in [-0.15, -0.1) is 13.2 Å². The van der Waals surface area contributed by atoms with E-state index in [4.69, 9.17) is 5.73 Å². The summed E-state index contributed by atoms with van der Waals surface area (Å²) in [6.45, 7) is 1.70. The molecule has 1 aromatic heterocycles. The van der Waals surface area contributed by atoms with Crippen molar-refractivity contribution in [1.29, 1.82) is 0 Å². The SMILES string of the molecule is Cc1cn(N=Cc2ccc(F)c(OC(F)(F)F)c2)c(N)n1. The number of hydrogen-bond donors (Lipinski definition) is 1. The second-order valence-electron chi connectivity index (χ2n) is 4.07. The molecule has 112 valence electrons. The average Bonchev–Trinajstić information content (AvgIpc) is 2.67. The summed E-state index contributed by atoms with van der Waals surface area (Å²) in [5.74, 6) is -1.93. The number of benzene rings is 1. The zero-order chi connectivity index (χ0) is 15.6. The van der Waals surface area contributed by atoms with E-state index in [-0.39, 0.29) is 11.5 Å². The summed E-state index contributed by atoms with van der Waals surface area (Å²) >= 11 is 0. The Labute approximate surface area is 116 Å². The van der Waals surface area contributed by atoms with Gasteiger partial charge < -0.3 is 10.5 Å². The van der Waals surface area contributed by atoms with E-state index in [0.29, 0.717) is 5.69 Å². The van der Waals surface area contributed by atoms with Gasteiger partial charge in [-0.2, -0.15) is 5.10 Å². The fraction of sp³-hybridized carbons (Fsp3) is 0.167. The van der Waals surface area contributed by atoms with Gasteiger partial charge in [-0.1, -0.05) is 6.07 Å². The summed E-state index contributed by atoms with van der Waals surface area (Å²) in [7, 11) is 0. The topological polar surface area (TPSA) is 65.4 Å². The van der Waals surface area contributed by atoms with Crippen LogP contribution in [0, 0.1) is 12.7 Å². The monoisotopic (exact) mass is 302 g/mol. The molecule has 0 spiro atoms. The molecule has 0 saturated heterocycles. The van der Waals surface area contributed by atoms with Crippen LogP contribution in [0.25, 0.3) is 0 Å². The highest BCUT2D eigenvalue weighted by Crippen LogP contribution is 2.26. The van der Waals surface area contributed by atoms with E-state index in [1.807, 2.05) is 0 Å². The van der Waals surface area contributed by atoms with Crippen molar-refractivity contribution in [2.75, 3.05) is 5.73 Å². The molecule has 0 saturated carbocycles. The highest BCUT2D eigenvalue weighted by molar-refractivity contribution is 5.80. The zero-order valence-electron chi connectivity index (χ0n) is 10.7. The normalized spacial score (nSPS) is 12.0. The van der Waals surface area contributed by atoms with Gasteiger partial charge in [0.25, 0.3) is 0 Å². The molecular weight excluding hydrogens is 292 g/mol. The van der Waals surface area contributed by atoms with Gasteiger partial charge in [0, 0.05) is 0 Å². The number of aromatic nitrogens is 2. The molecular formula is C12H10F4N4O. The lowest BCUT2D eigenvalue weighted by Crippen LogP contribution is -2.18. The molecule has 2 N–H and O–H groups in total. The van der Waals surface area contributed by atoms with E-state index in [2.05, 4.69) is 14.8 Å². The number of nitrogen functional groups attached to an aromatic ring is 1. The van der Waals surface area contributed by atoms with Crippen LogP contribution in [0.3, 0.4) is 0 Å². The van der Waals surface area contributed by atoms with E-state index >= 15 is 0 Å². The van der Waals surface area contributed by atoms with Gasteiger partial charge >= 0.3 is 6.36 Å². The molecule has 5 nitrogen and oxygen atoms in total. The van der Waals surface area contributed by atoms with Gasteiger partial charge in [0.15, 0.2) is 11.6 Å². The van der Waals surface area contributed by atoms with Gasteiger partial charge in [-0.05, 0) is 24.6 Å². The number of anilines is 1. The van der Waals surface area contributed by atoms with Crippen LogP contribution in [-0.2, 0) is 0 Å². The van der Waals surface area contributed by atoms with Crippen LogP contribution >= 0.6 is 0 Å². The van der Waals surface area contributed by atoms with Gasteiger partial charge in [0.05, 0.1) is 18.1 Å². The molecule has 0 bridgehead atoms. The van der Waals surface area contributed by atoms with E-state index in [1.54, 1.807) is 6.92 Å². The van der Waals surface area contributed by atoms with Crippen molar-refractivity contribution in [3.05, 3.63) is 41.5 Å². The van der Waals surface area contributed by atoms with Crippen LogP contribution in [0.5, 0.6) is 5.75 Å². The number of ether oxygens (including phenoxy) is 1. The minimum Gasteiger partial charge on any atom is -0.403 e. The largest absolute Gasteiger partial charge is 0.573 e. The number of hydrogen-bond acceptors (Lipinski definition) is 4. The Morgan fingerprint density at radius 1 is 1.38 bits per heavy atom. The lowest BCUT2D eigenvalue weighted by atomic mass is 10.2. The average molecular weight is 302 g/mol. The molecule has 0 aliphatic carbocycles. The number of halogens is 4. The summed E-state index contributed by atoms with van der Waals surface area (Å²) < 4.78 is 54.4. The molecule has 0 aliphatic heterocycles. The number of imidazole rings is 1. The predicted octanol–water partition coefficient (Wildman–Crippen LogP) is 2.69. The third-order valence-corrected chi connectivity index (χ3v) is 2.35. The van der Waals surface area contributed by atoms with Crippen molar-refractivity contribution in [3.63, 3.8) is 0 Å². The van der Waals surface area contributed by atoms with E-state index in [0.717, 1.165) is 12.1 Å². The highest BCUT2D eigenvalue weighted by Gasteiger charge is 2.32. The fourth-order valence-electron chi connectivity index (χ4n) is 1.53. The molecule has 0 fully saturated rings. The molecule has 1 heterocycles. The molecule has 2 rings (SSSR count). The number of nitrogens with two attached hydrogens (primary N) is 1. The van der Waals surface area contributed by atoms with Crippen molar-refractivity contribution in [1.82, 2.24) is 9.66 Å². The molecule has 0 amide bonds. The first-order valence-electron chi connectivity index (χ1n) is 5.66. The van der Waals surface area contributed by atoms with Crippen LogP contribution in [0.15, 0.2) is 29.5 Å². The second kappa shape index (κ2) is 5.43. The van der Waals surface area contributed by atoms with Crippen molar-refractivity contribution in [2.24, 2.45) is 5.10 Å². The molecule has 0 aliphatic rings. The highest BCUT2D eigenvalue weighted by atomic mass is 19.4. The van der Waals surface area contributed by atoms with Gasteiger partial charge in [-0.25, -0.2) is 14.1 Å². The summed E-state index contributed by atoms with van der Waals surface area (Å²) in [4.78, 5) is 3.90. The van der Waals surface area contributed by atoms with Gasteiger partial charge in [0.1, 0.15) is 0 Å². The molecule has 0 atom stereocenters. The number of rotatable bonds is 3. The first-order chi connectivity index (χ1) is 9.74. The second-order valence-corrected chi connectivity index (χ2v) is 4.07. The van der Waals surface area contributed by atoms with E-state index < -0.39 is 17.9 Å². The van der Waals surface area contributed by atoms with Crippen LogP contribution in [-0.4, -0.2) is 22.2 Å². The minimum atomic E-state index is -4.97. The summed E-state index contributed by atoms with van der Waals surface area (Å²) in [6.07, 6.45) is -2.23. The van der Waals surface area contributed by atoms with Crippen LogP contribution in [0.2, 0.25) is 0 Å².